The molecule has 140 valence electrons. The second kappa shape index (κ2) is 7.61. The fourth-order valence-corrected chi connectivity index (χ4v) is 4.18. The average molecular weight is 405 g/mol. The van der Waals surface area contributed by atoms with Gasteiger partial charge in [-0.25, -0.2) is 19.7 Å². The Bertz CT molecular complexity index is 959. The van der Waals surface area contributed by atoms with E-state index in [1.54, 1.807) is 30.8 Å². The van der Waals surface area contributed by atoms with Gasteiger partial charge in [-0.1, -0.05) is 0 Å². The van der Waals surface area contributed by atoms with Gasteiger partial charge >= 0.3 is 5.97 Å². The summed E-state index contributed by atoms with van der Waals surface area (Å²) in [6.07, 6.45) is 3.47. The van der Waals surface area contributed by atoms with Gasteiger partial charge in [0, 0.05) is 44.0 Å². The Labute approximate surface area is 164 Å². The number of carbonyl (C=O) groups excluding carboxylic acids is 1. The van der Waals surface area contributed by atoms with E-state index in [2.05, 4.69) is 29.7 Å². The fourth-order valence-electron chi connectivity index (χ4n) is 3.06. The quantitative estimate of drug-likeness (QED) is 0.484. The first kappa shape index (κ1) is 17.9. The van der Waals surface area contributed by atoms with Gasteiger partial charge in [-0.2, -0.15) is 4.98 Å². The highest BCUT2D eigenvalue weighted by Gasteiger charge is 2.26. The molecule has 0 spiro atoms. The molecule has 1 fully saturated rings. The van der Waals surface area contributed by atoms with E-state index in [-0.39, 0.29) is 11.3 Å². The standard InChI is InChI=1S/C17H17ClN6O2S/c1-2-26-15(25)11-10-27-14-12(11)13(21-16(18)22-14)23-6-8-24(9-7-23)17-19-4-3-5-20-17/h3-5,10H,2,6-9H2,1H3. The van der Waals surface area contributed by atoms with Crippen LogP contribution in [0.1, 0.15) is 17.3 Å². The summed E-state index contributed by atoms with van der Waals surface area (Å²) in [5.41, 5.74) is 0.484. The van der Waals surface area contributed by atoms with Crippen molar-refractivity contribution < 1.29 is 9.53 Å². The summed E-state index contributed by atoms with van der Waals surface area (Å²) in [5, 5.41) is 2.63. The predicted molar refractivity (Wildman–Crippen MR) is 105 cm³/mol. The van der Waals surface area contributed by atoms with Crippen LogP contribution in [-0.4, -0.2) is 58.7 Å². The first-order valence-corrected chi connectivity index (χ1v) is 9.82. The van der Waals surface area contributed by atoms with E-state index in [1.165, 1.54) is 11.3 Å². The van der Waals surface area contributed by atoms with Gasteiger partial charge in [0.15, 0.2) is 0 Å². The first-order valence-electron chi connectivity index (χ1n) is 8.56. The van der Waals surface area contributed by atoms with Gasteiger partial charge in [-0.3, -0.25) is 0 Å². The Morgan fingerprint density at radius 1 is 1.19 bits per heavy atom. The summed E-state index contributed by atoms with van der Waals surface area (Å²) in [6, 6.07) is 1.80. The first-order chi connectivity index (χ1) is 13.2. The lowest BCUT2D eigenvalue weighted by Gasteiger charge is -2.35. The van der Waals surface area contributed by atoms with Crippen LogP contribution in [0.5, 0.6) is 0 Å². The molecular weight excluding hydrogens is 388 g/mol. The SMILES string of the molecule is CCOC(=O)c1csc2nc(Cl)nc(N3CCN(c4ncccn4)CC3)c12. The topological polar surface area (TPSA) is 84.3 Å². The number of ether oxygens (including phenoxy) is 1. The summed E-state index contributed by atoms with van der Waals surface area (Å²) < 4.78 is 5.18. The summed E-state index contributed by atoms with van der Waals surface area (Å²) in [6.45, 7) is 5.00. The van der Waals surface area contributed by atoms with E-state index >= 15 is 0 Å². The van der Waals surface area contributed by atoms with E-state index in [9.17, 15) is 4.79 Å². The molecule has 0 aliphatic carbocycles. The van der Waals surface area contributed by atoms with Gasteiger partial charge in [0.2, 0.25) is 11.2 Å². The Kier molecular flexibility index (Phi) is 5.04. The molecule has 27 heavy (non-hydrogen) atoms. The van der Waals surface area contributed by atoms with Crippen LogP contribution in [0.3, 0.4) is 0 Å². The third kappa shape index (κ3) is 3.52. The van der Waals surface area contributed by atoms with Gasteiger partial charge in [0.1, 0.15) is 10.6 Å². The van der Waals surface area contributed by atoms with Crippen LogP contribution in [0.4, 0.5) is 11.8 Å². The van der Waals surface area contributed by atoms with Crippen molar-refractivity contribution in [2.75, 3.05) is 42.6 Å². The number of aromatic nitrogens is 4. The third-order valence-electron chi connectivity index (χ3n) is 4.30. The molecule has 10 heteroatoms. The number of rotatable bonds is 4. The molecule has 0 saturated carbocycles. The molecule has 4 rings (SSSR count). The molecule has 0 atom stereocenters. The molecule has 0 radical (unpaired) electrons. The largest absolute Gasteiger partial charge is 0.462 e. The fraction of sp³-hybridized carbons (Fsp3) is 0.353. The average Bonchev–Trinajstić information content (AvgIpc) is 3.12. The number of carbonyl (C=O) groups is 1. The number of nitrogens with zero attached hydrogens (tertiary/aromatic N) is 6. The molecule has 3 aromatic rings. The molecule has 1 saturated heterocycles. The van der Waals surface area contributed by atoms with Gasteiger partial charge in [-0.05, 0) is 24.6 Å². The van der Waals surface area contributed by atoms with Gasteiger partial charge < -0.3 is 14.5 Å². The van der Waals surface area contributed by atoms with E-state index < -0.39 is 0 Å². The lowest BCUT2D eigenvalue weighted by atomic mass is 10.2. The van der Waals surface area contributed by atoms with Crippen LogP contribution < -0.4 is 9.80 Å². The molecule has 0 N–H and O–H groups in total. The number of fused-ring (bicyclic) bond motifs is 1. The number of hydrogen-bond acceptors (Lipinski definition) is 9. The zero-order chi connectivity index (χ0) is 18.8. The Hall–Kier alpha value is -2.52. The summed E-state index contributed by atoms with van der Waals surface area (Å²) in [4.78, 5) is 34.5. The number of halogens is 1. The molecule has 0 aromatic carbocycles. The zero-order valence-electron chi connectivity index (χ0n) is 14.6. The lowest BCUT2D eigenvalue weighted by molar-refractivity contribution is 0.0529. The number of thiophene rings is 1. The minimum absolute atomic E-state index is 0.170. The number of anilines is 2. The van der Waals surface area contributed by atoms with Crippen LogP contribution in [-0.2, 0) is 4.74 Å². The van der Waals surface area contributed by atoms with Crippen LogP contribution >= 0.6 is 22.9 Å². The Morgan fingerprint density at radius 3 is 2.59 bits per heavy atom. The predicted octanol–water partition coefficient (Wildman–Crippen LogP) is 2.64. The Morgan fingerprint density at radius 2 is 1.89 bits per heavy atom. The maximum absolute atomic E-state index is 12.3. The normalized spacial score (nSPS) is 14.6. The zero-order valence-corrected chi connectivity index (χ0v) is 16.2. The van der Waals surface area contributed by atoms with E-state index in [0.717, 1.165) is 13.1 Å². The summed E-state index contributed by atoms with van der Waals surface area (Å²) in [5.74, 6) is 1.01. The van der Waals surface area contributed by atoms with Crippen LogP contribution in [0.2, 0.25) is 5.28 Å². The summed E-state index contributed by atoms with van der Waals surface area (Å²) in [7, 11) is 0. The maximum atomic E-state index is 12.3. The molecule has 0 bridgehead atoms. The molecule has 1 aliphatic heterocycles. The van der Waals surface area contributed by atoms with Crippen LogP contribution in [0.25, 0.3) is 10.2 Å². The lowest BCUT2D eigenvalue weighted by Crippen LogP contribution is -2.47. The third-order valence-corrected chi connectivity index (χ3v) is 5.34. The second-order valence-corrected chi connectivity index (χ2v) is 7.09. The highest BCUT2D eigenvalue weighted by Crippen LogP contribution is 2.34. The van der Waals surface area contributed by atoms with Crippen molar-refractivity contribution in [3.05, 3.63) is 34.7 Å². The van der Waals surface area contributed by atoms with Crippen LogP contribution in [0, 0.1) is 0 Å². The highest BCUT2D eigenvalue weighted by atomic mass is 35.5. The van der Waals surface area contributed by atoms with Crippen molar-refractivity contribution in [1.29, 1.82) is 0 Å². The minimum Gasteiger partial charge on any atom is -0.462 e. The molecular formula is C17H17ClN6O2S. The van der Waals surface area contributed by atoms with Crippen molar-refractivity contribution >= 4 is 50.9 Å². The smallest absolute Gasteiger partial charge is 0.339 e. The molecule has 8 nitrogen and oxygen atoms in total. The van der Waals surface area contributed by atoms with Crippen molar-refractivity contribution in [3.8, 4) is 0 Å². The minimum atomic E-state index is -0.368. The van der Waals surface area contributed by atoms with E-state index in [0.29, 0.717) is 47.2 Å². The maximum Gasteiger partial charge on any atom is 0.339 e. The van der Waals surface area contributed by atoms with E-state index in [4.69, 9.17) is 16.3 Å². The molecule has 0 amide bonds. The molecule has 3 aromatic heterocycles. The highest BCUT2D eigenvalue weighted by molar-refractivity contribution is 7.17. The monoisotopic (exact) mass is 404 g/mol. The van der Waals surface area contributed by atoms with Crippen molar-refractivity contribution in [2.45, 2.75) is 6.92 Å². The second-order valence-electron chi connectivity index (χ2n) is 5.89. The summed E-state index contributed by atoms with van der Waals surface area (Å²) >= 11 is 7.49. The van der Waals surface area contributed by atoms with Gasteiger partial charge in [-0.15, -0.1) is 11.3 Å². The van der Waals surface area contributed by atoms with Crippen molar-refractivity contribution in [1.82, 2.24) is 19.9 Å². The molecule has 0 unspecified atom stereocenters. The number of esters is 1. The Balaban J connectivity index is 1.64. The van der Waals surface area contributed by atoms with Gasteiger partial charge in [0.25, 0.3) is 0 Å². The number of piperazine rings is 1. The molecule has 1 aliphatic rings. The van der Waals surface area contributed by atoms with Crippen molar-refractivity contribution in [3.63, 3.8) is 0 Å². The van der Waals surface area contributed by atoms with Crippen molar-refractivity contribution in [2.24, 2.45) is 0 Å². The molecule has 4 heterocycles. The number of hydrogen-bond donors (Lipinski definition) is 0. The van der Waals surface area contributed by atoms with Gasteiger partial charge in [0.05, 0.1) is 17.6 Å². The van der Waals surface area contributed by atoms with E-state index in [1.807, 2.05) is 0 Å². The van der Waals surface area contributed by atoms with Crippen LogP contribution in [0.15, 0.2) is 23.8 Å².